The molecule has 3 aliphatic rings. The van der Waals surface area contributed by atoms with Crippen LogP contribution in [0.5, 0.6) is 0 Å². The van der Waals surface area contributed by atoms with Crippen LogP contribution in [0.3, 0.4) is 0 Å². The minimum Gasteiger partial charge on any atom is -0.454 e. The van der Waals surface area contributed by atoms with E-state index in [-0.39, 0.29) is 29.5 Å². The zero-order valence-corrected chi connectivity index (χ0v) is 11.0. The van der Waals surface area contributed by atoms with Crippen LogP contribution < -0.4 is 0 Å². The predicted molar refractivity (Wildman–Crippen MR) is 67.8 cm³/mol. The molecule has 1 aliphatic heterocycles. The van der Waals surface area contributed by atoms with E-state index in [1.807, 2.05) is 6.92 Å². The van der Waals surface area contributed by atoms with Crippen molar-refractivity contribution in [2.24, 2.45) is 11.3 Å². The molecule has 1 heterocycles. The fourth-order valence-electron chi connectivity index (χ4n) is 3.91. The van der Waals surface area contributed by atoms with Crippen molar-refractivity contribution in [1.29, 1.82) is 0 Å². The van der Waals surface area contributed by atoms with Gasteiger partial charge in [0.25, 0.3) is 0 Å². The summed E-state index contributed by atoms with van der Waals surface area (Å²) in [6.07, 6.45) is 2.82. The lowest BCUT2D eigenvalue weighted by atomic mass is 9.56. The van der Waals surface area contributed by atoms with E-state index in [4.69, 9.17) is 4.74 Å². The quantitative estimate of drug-likeness (QED) is 0.529. The third-order valence-electron chi connectivity index (χ3n) is 5.26. The average Bonchev–Trinajstić information content (AvgIpc) is 2.58. The molecular weight excluding hydrogens is 228 g/mol. The van der Waals surface area contributed by atoms with Crippen LogP contribution in [-0.2, 0) is 9.53 Å². The van der Waals surface area contributed by atoms with Crippen LogP contribution in [0.1, 0.15) is 39.5 Å². The first kappa shape index (κ1) is 12.0. The summed E-state index contributed by atoms with van der Waals surface area (Å²) in [5.74, 6) is 0.106. The number of fused-ring (bicyclic) bond motifs is 2. The molecule has 0 radical (unpaired) electrons. The molecule has 0 bridgehead atoms. The van der Waals surface area contributed by atoms with E-state index in [9.17, 15) is 9.90 Å². The van der Waals surface area contributed by atoms with Crippen LogP contribution in [0.2, 0.25) is 0 Å². The maximum Gasteiger partial charge on any atom is 0.334 e. The number of aliphatic hydroxyl groups is 1. The second-order valence-corrected chi connectivity index (χ2v) is 6.22. The minimum atomic E-state index is -0.311. The Morgan fingerprint density at radius 3 is 2.94 bits per heavy atom. The topological polar surface area (TPSA) is 46.5 Å². The lowest BCUT2D eigenvalue weighted by Crippen LogP contribution is -2.49. The lowest BCUT2D eigenvalue weighted by molar-refractivity contribution is -0.144. The van der Waals surface area contributed by atoms with Crippen LogP contribution in [0.15, 0.2) is 23.3 Å². The zero-order valence-electron chi connectivity index (χ0n) is 11.0. The number of ether oxygens (including phenoxy) is 1. The maximum absolute atomic E-state index is 11.6. The molecular formula is C15H20O3. The number of allylic oxidation sites excluding steroid dienone is 1. The van der Waals surface area contributed by atoms with E-state index >= 15 is 0 Å². The number of carbonyl (C=O) groups excluding carboxylic acids is 1. The summed E-state index contributed by atoms with van der Waals surface area (Å²) >= 11 is 0. The second-order valence-electron chi connectivity index (χ2n) is 6.22. The van der Waals surface area contributed by atoms with Crippen LogP contribution in [-0.4, -0.2) is 23.3 Å². The van der Waals surface area contributed by atoms with Gasteiger partial charge in [0.1, 0.15) is 6.10 Å². The van der Waals surface area contributed by atoms with E-state index in [1.165, 1.54) is 5.57 Å². The molecule has 4 atom stereocenters. The molecule has 3 heteroatoms. The number of hydrogen-bond acceptors (Lipinski definition) is 3. The van der Waals surface area contributed by atoms with Gasteiger partial charge in [0.15, 0.2) is 0 Å². The summed E-state index contributed by atoms with van der Waals surface area (Å²) in [7, 11) is 0. The molecule has 0 unspecified atom stereocenters. The molecule has 18 heavy (non-hydrogen) atoms. The molecule has 3 rings (SSSR count). The van der Waals surface area contributed by atoms with Crippen molar-refractivity contribution < 1.29 is 14.6 Å². The third kappa shape index (κ3) is 1.43. The molecule has 2 aliphatic carbocycles. The average molecular weight is 248 g/mol. The van der Waals surface area contributed by atoms with Gasteiger partial charge in [-0.05, 0) is 44.1 Å². The summed E-state index contributed by atoms with van der Waals surface area (Å²) in [6, 6.07) is 0. The normalized spacial score (nSPS) is 43.6. The molecule has 98 valence electrons. The first-order valence-electron chi connectivity index (χ1n) is 6.70. The molecule has 2 fully saturated rings. The van der Waals surface area contributed by atoms with Gasteiger partial charge < -0.3 is 9.84 Å². The molecule has 0 aromatic carbocycles. The van der Waals surface area contributed by atoms with E-state index in [1.54, 1.807) is 0 Å². The first-order chi connectivity index (χ1) is 8.43. The molecule has 0 saturated heterocycles. The monoisotopic (exact) mass is 248 g/mol. The largest absolute Gasteiger partial charge is 0.454 e. The molecule has 1 N–H and O–H groups in total. The van der Waals surface area contributed by atoms with E-state index < -0.39 is 0 Å². The van der Waals surface area contributed by atoms with Gasteiger partial charge in [-0.25, -0.2) is 4.79 Å². The predicted octanol–water partition coefficient (Wildman–Crippen LogP) is 2.36. The van der Waals surface area contributed by atoms with Gasteiger partial charge in [-0.1, -0.05) is 19.1 Å². The highest BCUT2D eigenvalue weighted by atomic mass is 16.5. The smallest absolute Gasteiger partial charge is 0.334 e. The second kappa shape index (κ2) is 3.70. The highest BCUT2D eigenvalue weighted by Crippen LogP contribution is 2.55. The van der Waals surface area contributed by atoms with Crippen molar-refractivity contribution in [3.8, 4) is 0 Å². The molecule has 0 aromatic rings. The number of rotatable bonds is 0. The SMILES string of the molecule is C=C1CC[C@H](O)[C@]2(C)C[C@@H]3OC(=O)C(C)=C3C[C@H]12. The number of aliphatic hydroxyl groups excluding tert-OH is 1. The van der Waals surface area contributed by atoms with Gasteiger partial charge in [-0.3, -0.25) is 0 Å². The molecule has 0 spiro atoms. The summed E-state index contributed by atoms with van der Waals surface area (Å²) in [5, 5.41) is 10.3. The molecule has 2 saturated carbocycles. The van der Waals surface area contributed by atoms with Crippen molar-refractivity contribution in [2.45, 2.75) is 51.7 Å². The van der Waals surface area contributed by atoms with Crippen LogP contribution in [0, 0.1) is 11.3 Å². The first-order valence-corrected chi connectivity index (χ1v) is 6.70. The number of hydrogen-bond donors (Lipinski definition) is 1. The van der Waals surface area contributed by atoms with Crippen LogP contribution in [0.25, 0.3) is 0 Å². The van der Waals surface area contributed by atoms with Crippen LogP contribution in [0.4, 0.5) is 0 Å². The lowest BCUT2D eigenvalue weighted by Gasteiger charge is -2.51. The number of esters is 1. The Hall–Kier alpha value is -1.09. The van der Waals surface area contributed by atoms with Gasteiger partial charge in [0, 0.05) is 11.0 Å². The van der Waals surface area contributed by atoms with Crippen molar-refractivity contribution in [2.75, 3.05) is 0 Å². The Morgan fingerprint density at radius 1 is 1.50 bits per heavy atom. The van der Waals surface area contributed by atoms with Gasteiger partial charge in [0.2, 0.25) is 0 Å². The van der Waals surface area contributed by atoms with Crippen LogP contribution >= 0.6 is 0 Å². The van der Waals surface area contributed by atoms with Gasteiger partial charge in [-0.15, -0.1) is 0 Å². The Balaban J connectivity index is 1.99. The fraction of sp³-hybridized carbons (Fsp3) is 0.667. The summed E-state index contributed by atoms with van der Waals surface area (Å²) in [5.41, 5.74) is 2.95. The molecule has 0 amide bonds. The Labute approximate surface area is 108 Å². The van der Waals surface area contributed by atoms with Crippen molar-refractivity contribution in [3.05, 3.63) is 23.3 Å². The van der Waals surface area contributed by atoms with E-state index in [0.717, 1.165) is 36.8 Å². The summed E-state index contributed by atoms with van der Waals surface area (Å²) in [4.78, 5) is 11.6. The summed E-state index contributed by atoms with van der Waals surface area (Å²) < 4.78 is 5.42. The molecule has 0 aromatic heterocycles. The fourth-order valence-corrected chi connectivity index (χ4v) is 3.91. The molecule has 3 nitrogen and oxygen atoms in total. The Morgan fingerprint density at radius 2 is 2.22 bits per heavy atom. The summed E-state index contributed by atoms with van der Waals surface area (Å²) in [6.45, 7) is 8.14. The highest BCUT2D eigenvalue weighted by Gasteiger charge is 2.53. The minimum absolute atomic E-state index is 0.112. The van der Waals surface area contributed by atoms with Crippen molar-refractivity contribution >= 4 is 5.97 Å². The van der Waals surface area contributed by atoms with E-state index in [0.29, 0.717) is 0 Å². The van der Waals surface area contributed by atoms with Gasteiger partial charge >= 0.3 is 5.97 Å². The third-order valence-corrected chi connectivity index (χ3v) is 5.26. The Bertz CT molecular complexity index is 462. The maximum atomic E-state index is 11.6. The Kier molecular flexibility index (Phi) is 2.46. The van der Waals surface area contributed by atoms with Crippen molar-refractivity contribution in [3.63, 3.8) is 0 Å². The zero-order chi connectivity index (χ0) is 13.1. The number of carbonyl (C=O) groups is 1. The van der Waals surface area contributed by atoms with Gasteiger partial charge in [-0.2, -0.15) is 0 Å². The highest BCUT2D eigenvalue weighted by molar-refractivity contribution is 5.91. The van der Waals surface area contributed by atoms with Gasteiger partial charge in [0.05, 0.1) is 6.10 Å². The standard InChI is InChI=1S/C15H20O3/c1-8-4-5-13(16)15(3)7-12-10(6-11(8)15)9(2)14(17)18-12/h11-13,16H,1,4-7H2,2-3H3/t11-,12+,13+,15-/m1/s1. The van der Waals surface area contributed by atoms with Crippen molar-refractivity contribution in [1.82, 2.24) is 0 Å². The van der Waals surface area contributed by atoms with E-state index in [2.05, 4.69) is 13.5 Å².